The normalized spacial score (nSPS) is 10.2. The lowest BCUT2D eigenvalue weighted by Crippen LogP contribution is -2.12. The van der Waals surface area contributed by atoms with Crippen LogP contribution in [0, 0.1) is 0 Å². The average Bonchev–Trinajstić information content (AvgIpc) is 2.93. The molecule has 0 aliphatic carbocycles. The number of carbonyl (C=O) groups excluding carboxylic acids is 1. The molecule has 100 valence electrons. The number of carbonyl (C=O) groups is 1. The van der Waals surface area contributed by atoms with Gasteiger partial charge in [-0.25, -0.2) is 9.78 Å². The number of nitrogen functional groups attached to an aromatic ring is 1. The van der Waals surface area contributed by atoms with Gasteiger partial charge in [-0.3, -0.25) is 0 Å². The fraction of sp³-hybridized carbons (Fsp3) is 0.231. The van der Waals surface area contributed by atoms with Crippen molar-refractivity contribution in [3.05, 3.63) is 40.3 Å². The predicted molar refractivity (Wildman–Crippen MR) is 76.5 cm³/mol. The van der Waals surface area contributed by atoms with Gasteiger partial charge in [0.2, 0.25) is 0 Å². The lowest BCUT2D eigenvalue weighted by molar-refractivity contribution is 0.0602. The smallest absolute Gasteiger partial charge is 0.340 e. The van der Waals surface area contributed by atoms with Crippen molar-refractivity contribution in [1.29, 1.82) is 0 Å². The highest BCUT2D eigenvalue weighted by atomic mass is 32.1. The summed E-state index contributed by atoms with van der Waals surface area (Å²) in [4.78, 5) is 15.8. The molecule has 1 heterocycles. The van der Waals surface area contributed by atoms with Gasteiger partial charge < -0.3 is 15.8 Å². The van der Waals surface area contributed by atoms with E-state index in [1.807, 2.05) is 5.38 Å². The number of nitrogens with zero attached hydrogens (tertiary/aromatic N) is 1. The van der Waals surface area contributed by atoms with Crippen molar-refractivity contribution in [2.24, 2.45) is 0 Å². The highest BCUT2D eigenvalue weighted by Gasteiger charge is 2.13. The zero-order chi connectivity index (χ0) is 13.7. The van der Waals surface area contributed by atoms with Crippen LogP contribution in [0.25, 0.3) is 0 Å². The molecule has 1 aromatic carbocycles. The third-order valence-corrected chi connectivity index (χ3v) is 3.30. The molecular formula is C13H15N3O2S. The Balaban J connectivity index is 2.08. The summed E-state index contributed by atoms with van der Waals surface area (Å²) in [6, 6.07) is 5.16. The van der Waals surface area contributed by atoms with Gasteiger partial charge >= 0.3 is 5.97 Å². The Bertz CT molecular complexity index is 555. The second-order valence-corrected chi connectivity index (χ2v) is 4.64. The molecule has 0 aliphatic heterocycles. The van der Waals surface area contributed by atoms with E-state index in [1.54, 1.807) is 35.0 Å². The van der Waals surface area contributed by atoms with Crippen LogP contribution >= 0.6 is 11.3 Å². The third-order valence-electron chi connectivity index (χ3n) is 2.67. The highest BCUT2D eigenvalue weighted by Crippen LogP contribution is 2.24. The van der Waals surface area contributed by atoms with Crippen LogP contribution in [0.4, 0.5) is 11.4 Å². The van der Waals surface area contributed by atoms with Crippen LogP contribution in [0.5, 0.6) is 0 Å². The molecule has 0 spiro atoms. The van der Waals surface area contributed by atoms with Crippen LogP contribution in [0.1, 0.15) is 16.1 Å². The van der Waals surface area contributed by atoms with E-state index in [9.17, 15) is 4.79 Å². The van der Waals surface area contributed by atoms with Crippen LogP contribution < -0.4 is 11.1 Å². The summed E-state index contributed by atoms with van der Waals surface area (Å²) < 4.78 is 4.74. The molecule has 0 unspecified atom stereocenters. The number of nitrogens with one attached hydrogen (secondary N) is 1. The van der Waals surface area contributed by atoms with E-state index in [0.29, 0.717) is 23.5 Å². The molecule has 2 aromatic rings. The number of hydrogen-bond donors (Lipinski definition) is 2. The van der Waals surface area contributed by atoms with Gasteiger partial charge in [0.05, 0.1) is 35.3 Å². The number of thiazole rings is 1. The van der Waals surface area contributed by atoms with Crippen molar-refractivity contribution >= 4 is 28.7 Å². The number of esters is 1. The van der Waals surface area contributed by atoms with Gasteiger partial charge in [-0.15, -0.1) is 11.3 Å². The number of methoxy groups -OCH3 is 1. The van der Waals surface area contributed by atoms with Crippen molar-refractivity contribution < 1.29 is 9.53 Å². The number of hydrogen-bond acceptors (Lipinski definition) is 6. The number of para-hydroxylation sites is 1. The number of ether oxygens (including phenoxy) is 1. The fourth-order valence-corrected chi connectivity index (χ4v) is 2.32. The SMILES string of the molecule is COC(=O)c1cccc(N)c1NCCc1cscn1. The molecule has 6 heteroatoms. The first-order valence-corrected chi connectivity index (χ1v) is 6.74. The molecule has 0 saturated carbocycles. The van der Waals surface area contributed by atoms with Gasteiger partial charge in [0, 0.05) is 18.3 Å². The van der Waals surface area contributed by atoms with E-state index < -0.39 is 5.97 Å². The molecule has 0 amide bonds. The summed E-state index contributed by atoms with van der Waals surface area (Å²) in [7, 11) is 1.35. The Morgan fingerprint density at radius 2 is 2.37 bits per heavy atom. The minimum absolute atomic E-state index is 0.400. The van der Waals surface area contributed by atoms with Gasteiger partial charge in [0.25, 0.3) is 0 Å². The number of nitrogens with two attached hydrogens (primary N) is 1. The zero-order valence-electron chi connectivity index (χ0n) is 10.6. The van der Waals surface area contributed by atoms with Gasteiger partial charge in [0.15, 0.2) is 0 Å². The first kappa shape index (κ1) is 13.4. The lowest BCUT2D eigenvalue weighted by Gasteiger charge is -2.12. The molecule has 0 aliphatic rings. The Labute approximate surface area is 115 Å². The first-order chi connectivity index (χ1) is 9.22. The Hall–Kier alpha value is -2.08. The van der Waals surface area contributed by atoms with Crippen LogP contribution in [0.2, 0.25) is 0 Å². The van der Waals surface area contributed by atoms with E-state index in [2.05, 4.69) is 10.3 Å². The van der Waals surface area contributed by atoms with Crippen molar-refractivity contribution in [2.45, 2.75) is 6.42 Å². The quantitative estimate of drug-likeness (QED) is 0.647. The number of anilines is 2. The van der Waals surface area contributed by atoms with E-state index >= 15 is 0 Å². The minimum atomic E-state index is -0.400. The van der Waals surface area contributed by atoms with Gasteiger partial charge in [0.1, 0.15) is 0 Å². The monoisotopic (exact) mass is 277 g/mol. The number of aromatic nitrogens is 1. The molecule has 0 atom stereocenters. The summed E-state index contributed by atoms with van der Waals surface area (Å²) in [6.07, 6.45) is 0.776. The molecule has 0 fully saturated rings. The lowest BCUT2D eigenvalue weighted by atomic mass is 10.1. The summed E-state index contributed by atoms with van der Waals surface area (Å²) in [5, 5.41) is 5.17. The van der Waals surface area contributed by atoms with E-state index in [0.717, 1.165) is 12.1 Å². The molecule has 3 N–H and O–H groups in total. The predicted octanol–water partition coefficient (Wildman–Crippen LogP) is 2.17. The Morgan fingerprint density at radius 1 is 1.53 bits per heavy atom. The third kappa shape index (κ3) is 3.23. The summed E-state index contributed by atoms with van der Waals surface area (Å²) in [5.74, 6) is -0.400. The highest BCUT2D eigenvalue weighted by molar-refractivity contribution is 7.07. The molecule has 1 aromatic heterocycles. The van der Waals surface area contributed by atoms with Crippen LogP contribution in [0.15, 0.2) is 29.1 Å². The Morgan fingerprint density at radius 3 is 3.05 bits per heavy atom. The second-order valence-electron chi connectivity index (χ2n) is 3.92. The summed E-state index contributed by atoms with van der Waals surface area (Å²) in [5.41, 5.74) is 10.3. The Kier molecular flexibility index (Phi) is 4.35. The summed E-state index contributed by atoms with van der Waals surface area (Å²) >= 11 is 1.56. The van der Waals surface area contributed by atoms with Crippen LogP contribution in [-0.4, -0.2) is 24.6 Å². The molecular weight excluding hydrogens is 262 g/mol. The molecule has 2 rings (SSSR count). The molecule has 0 radical (unpaired) electrons. The molecule has 0 saturated heterocycles. The minimum Gasteiger partial charge on any atom is -0.465 e. The zero-order valence-corrected chi connectivity index (χ0v) is 11.4. The van der Waals surface area contributed by atoms with Gasteiger partial charge in [-0.1, -0.05) is 6.07 Å². The van der Waals surface area contributed by atoms with E-state index in [1.165, 1.54) is 7.11 Å². The van der Waals surface area contributed by atoms with Crippen molar-refractivity contribution in [3.63, 3.8) is 0 Å². The topological polar surface area (TPSA) is 77.2 Å². The van der Waals surface area contributed by atoms with Gasteiger partial charge in [-0.05, 0) is 12.1 Å². The average molecular weight is 277 g/mol. The molecule has 5 nitrogen and oxygen atoms in total. The standard InChI is InChI=1S/C13H15N3O2S/c1-18-13(17)10-3-2-4-11(14)12(10)15-6-5-9-7-19-8-16-9/h2-4,7-8,15H,5-6,14H2,1H3. The fourth-order valence-electron chi connectivity index (χ4n) is 1.72. The van der Waals surface area contributed by atoms with E-state index in [4.69, 9.17) is 10.5 Å². The maximum absolute atomic E-state index is 11.6. The van der Waals surface area contributed by atoms with E-state index in [-0.39, 0.29) is 0 Å². The number of benzene rings is 1. The van der Waals surface area contributed by atoms with Crippen molar-refractivity contribution in [1.82, 2.24) is 4.98 Å². The first-order valence-electron chi connectivity index (χ1n) is 5.80. The molecule has 0 bridgehead atoms. The maximum atomic E-state index is 11.6. The second kappa shape index (κ2) is 6.19. The van der Waals surface area contributed by atoms with Crippen molar-refractivity contribution in [2.75, 3.05) is 24.7 Å². The molecule has 19 heavy (non-hydrogen) atoms. The number of rotatable bonds is 5. The summed E-state index contributed by atoms with van der Waals surface area (Å²) in [6.45, 7) is 0.655. The van der Waals surface area contributed by atoms with Crippen LogP contribution in [0.3, 0.4) is 0 Å². The largest absolute Gasteiger partial charge is 0.465 e. The van der Waals surface area contributed by atoms with Crippen LogP contribution in [-0.2, 0) is 11.2 Å². The van der Waals surface area contributed by atoms with Crippen molar-refractivity contribution in [3.8, 4) is 0 Å². The maximum Gasteiger partial charge on any atom is 0.340 e. The van der Waals surface area contributed by atoms with Gasteiger partial charge in [-0.2, -0.15) is 0 Å².